The number of nitrogens with one attached hydrogen (secondary N) is 2. The number of anilines is 1. The Morgan fingerprint density at radius 3 is 2.53 bits per heavy atom. The molecule has 0 aliphatic carbocycles. The minimum atomic E-state index is -0.663. The number of fused-ring (bicyclic) bond motifs is 1. The maximum Gasteiger partial charge on any atom is 0.319 e. The largest absolute Gasteiger partial charge is 0.496 e. The second-order valence-corrected chi connectivity index (χ2v) is 6.74. The fourth-order valence-corrected chi connectivity index (χ4v) is 2.81. The maximum absolute atomic E-state index is 14.4. The summed E-state index contributed by atoms with van der Waals surface area (Å²) in [7, 11) is 1.42. The van der Waals surface area contributed by atoms with Crippen molar-refractivity contribution in [2.75, 3.05) is 12.4 Å². The van der Waals surface area contributed by atoms with Gasteiger partial charge in [-0.05, 0) is 38.1 Å². The Bertz CT molecular complexity index is 1120. The summed E-state index contributed by atoms with van der Waals surface area (Å²) in [5.74, 6) is -0.483. The van der Waals surface area contributed by atoms with Gasteiger partial charge in [0.2, 0.25) is 0 Å². The fourth-order valence-electron chi connectivity index (χ4n) is 2.81. The number of urea groups is 1. The second-order valence-electron chi connectivity index (χ2n) is 6.74. The molecule has 8 nitrogen and oxygen atoms in total. The van der Waals surface area contributed by atoms with Gasteiger partial charge in [-0.1, -0.05) is 0 Å². The molecule has 1 aromatic heterocycles. The average molecular weight is 412 g/mol. The number of primary amides is 1. The third-order valence-corrected chi connectivity index (χ3v) is 4.12. The zero-order chi connectivity index (χ0) is 21.8. The molecular formula is C21H21FN4O4. The highest BCUT2D eigenvalue weighted by Crippen LogP contribution is 2.34. The van der Waals surface area contributed by atoms with Crippen LogP contribution < -0.4 is 25.8 Å². The van der Waals surface area contributed by atoms with Gasteiger partial charge in [0.05, 0.1) is 23.9 Å². The first kappa shape index (κ1) is 20.8. The Balaban J connectivity index is 1.91. The third-order valence-electron chi connectivity index (χ3n) is 4.12. The normalized spacial score (nSPS) is 10.7. The van der Waals surface area contributed by atoms with Crippen molar-refractivity contribution in [3.63, 3.8) is 0 Å². The highest BCUT2D eigenvalue weighted by atomic mass is 19.1. The molecule has 0 fully saturated rings. The number of amides is 3. The quantitative estimate of drug-likeness (QED) is 0.569. The van der Waals surface area contributed by atoms with Crippen molar-refractivity contribution in [3.8, 4) is 17.2 Å². The van der Waals surface area contributed by atoms with Crippen LogP contribution in [0.3, 0.4) is 0 Å². The minimum absolute atomic E-state index is 0.0147. The standard InChI is InChI=1S/C21H21FN4O4/c1-11(2)25-21(28)26-16-5-4-12(8-15(16)22)30-18-6-7-24-17-10-19(29-3)14(20(23)27)9-13(17)18/h4-11H,1-3H3,(H2,23,27)(H2,25,26,28). The molecule has 0 unspecified atom stereocenters. The average Bonchev–Trinajstić information content (AvgIpc) is 2.68. The van der Waals surface area contributed by atoms with Gasteiger partial charge in [0.25, 0.3) is 5.91 Å². The van der Waals surface area contributed by atoms with Crippen molar-refractivity contribution in [3.05, 3.63) is 54.0 Å². The van der Waals surface area contributed by atoms with E-state index in [0.717, 1.165) is 6.07 Å². The zero-order valence-corrected chi connectivity index (χ0v) is 16.7. The summed E-state index contributed by atoms with van der Waals surface area (Å²) < 4.78 is 25.4. The van der Waals surface area contributed by atoms with Crippen molar-refractivity contribution in [1.29, 1.82) is 0 Å². The summed E-state index contributed by atoms with van der Waals surface area (Å²) in [5.41, 5.74) is 6.12. The first-order valence-electron chi connectivity index (χ1n) is 9.10. The number of nitrogens with two attached hydrogens (primary N) is 1. The first-order valence-corrected chi connectivity index (χ1v) is 9.10. The molecule has 9 heteroatoms. The van der Waals surface area contributed by atoms with Crippen molar-refractivity contribution >= 4 is 28.5 Å². The molecule has 4 N–H and O–H groups in total. The van der Waals surface area contributed by atoms with Gasteiger partial charge in [0.15, 0.2) is 0 Å². The Kier molecular flexibility index (Phi) is 6.01. The van der Waals surface area contributed by atoms with E-state index in [4.69, 9.17) is 15.2 Å². The van der Waals surface area contributed by atoms with Crippen molar-refractivity contribution in [1.82, 2.24) is 10.3 Å². The number of methoxy groups -OCH3 is 1. The van der Waals surface area contributed by atoms with Crippen LogP contribution in [0.4, 0.5) is 14.9 Å². The summed E-state index contributed by atoms with van der Waals surface area (Å²) in [4.78, 5) is 27.7. The van der Waals surface area contributed by atoms with Crippen LogP contribution >= 0.6 is 0 Å². The molecular weight excluding hydrogens is 391 g/mol. The van der Waals surface area contributed by atoms with E-state index in [2.05, 4.69) is 15.6 Å². The van der Waals surface area contributed by atoms with Gasteiger partial charge in [-0.2, -0.15) is 0 Å². The van der Waals surface area contributed by atoms with E-state index < -0.39 is 17.8 Å². The SMILES string of the molecule is COc1cc2nccc(Oc3ccc(NC(=O)NC(C)C)c(F)c3)c2cc1C(N)=O. The lowest BCUT2D eigenvalue weighted by atomic mass is 10.1. The molecule has 1 heterocycles. The number of nitrogens with zero attached hydrogens (tertiary/aromatic N) is 1. The molecule has 3 aromatic rings. The lowest BCUT2D eigenvalue weighted by Crippen LogP contribution is -2.34. The van der Waals surface area contributed by atoms with Crippen LogP contribution in [-0.4, -0.2) is 30.1 Å². The monoisotopic (exact) mass is 412 g/mol. The number of carbonyl (C=O) groups is 2. The summed E-state index contributed by atoms with van der Waals surface area (Å²) in [6.07, 6.45) is 1.52. The molecule has 3 amide bonds. The predicted molar refractivity (Wildman–Crippen MR) is 111 cm³/mol. The van der Waals surface area contributed by atoms with E-state index in [1.165, 1.54) is 31.5 Å². The number of rotatable bonds is 6. The van der Waals surface area contributed by atoms with Gasteiger partial charge in [-0.25, -0.2) is 9.18 Å². The Hall–Kier alpha value is -3.88. The molecule has 0 spiro atoms. The topological polar surface area (TPSA) is 116 Å². The zero-order valence-electron chi connectivity index (χ0n) is 16.7. The maximum atomic E-state index is 14.4. The number of halogens is 1. The molecule has 0 bridgehead atoms. The molecule has 0 saturated heterocycles. The summed E-state index contributed by atoms with van der Waals surface area (Å²) in [6.45, 7) is 3.59. The number of benzene rings is 2. The van der Waals surface area contributed by atoms with Crippen LogP contribution in [0.25, 0.3) is 10.9 Å². The molecule has 0 atom stereocenters. The highest BCUT2D eigenvalue weighted by Gasteiger charge is 2.15. The van der Waals surface area contributed by atoms with E-state index in [9.17, 15) is 14.0 Å². The van der Waals surface area contributed by atoms with E-state index in [0.29, 0.717) is 22.4 Å². The number of hydrogen-bond acceptors (Lipinski definition) is 5. The van der Waals surface area contributed by atoms with E-state index in [1.807, 2.05) is 0 Å². The van der Waals surface area contributed by atoms with E-state index in [-0.39, 0.29) is 23.0 Å². The Labute approximate surface area is 172 Å². The number of pyridine rings is 1. The fraction of sp³-hybridized carbons (Fsp3) is 0.190. The lowest BCUT2D eigenvalue weighted by molar-refractivity contribution is 0.0997. The van der Waals surface area contributed by atoms with Crippen LogP contribution in [0, 0.1) is 5.82 Å². The van der Waals surface area contributed by atoms with Crippen LogP contribution in [0.15, 0.2) is 42.6 Å². The molecule has 0 saturated carbocycles. The molecule has 30 heavy (non-hydrogen) atoms. The molecule has 156 valence electrons. The molecule has 3 rings (SSSR count). The van der Waals surface area contributed by atoms with Crippen LogP contribution in [-0.2, 0) is 0 Å². The minimum Gasteiger partial charge on any atom is -0.496 e. The van der Waals surface area contributed by atoms with Gasteiger partial charge in [0, 0.05) is 29.8 Å². The first-order chi connectivity index (χ1) is 14.3. The van der Waals surface area contributed by atoms with Gasteiger partial charge in [-0.3, -0.25) is 9.78 Å². The molecule has 0 aliphatic rings. The third kappa shape index (κ3) is 4.57. The molecule has 0 aliphatic heterocycles. The van der Waals surface area contributed by atoms with Crippen molar-refractivity contribution in [2.45, 2.75) is 19.9 Å². The van der Waals surface area contributed by atoms with Crippen LogP contribution in [0.2, 0.25) is 0 Å². The number of ether oxygens (including phenoxy) is 2. The number of hydrogen-bond donors (Lipinski definition) is 3. The van der Waals surface area contributed by atoms with Crippen molar-refractivity contribution in [2.24, 2.45) is 5.73 Å². The summed E-state index contributed by atoms with van der Waals surface area (Å²) in [5, 5.41) is 5.56. The summed E-state index contributed by atoms with van der Waals surface area (Å²) >= 11 is 0. The summed E-state index contributed by atoms with van der Waals surface area (Å²) in [6, 6.07) is 8.13. The number of aromatic nitrogens is 1. The Morgan fingerprint density at radius 2 is 1.90 bits per heavy atom. The Morgan fingerprint density at radius 1 is 1.13 bits per heavy atom. The van der Waals surface area contributed by atoms with Crippen molar-refractivity contribution < 1.29 is 23.5 Å². The van der Waals surface area contributed by atoms with Gasteiger partial charge >= 0.3 is 6.03 Å². The molecule has 0 radical (unpaired) electrons. The van der Waals surface area contributed by atoms with Gasteiger partial charge in [-0.15, -0.1) is 0 Å². The van der Waals surface area contributed by atoms with Gasteiger partial charge < -0.3 is 25.8 Å². The lowest BCUT2D eigenvalue weighted by Gasteiger charge is -2.13. The number of carbonyl (C=O) groups excluding carboxylic acids is 2. The van der Waals surface area contributed by atoms with Gasteiger partial charge in [0.1, 0.15) is 23.1 Å². The predicted octanol–water partition coefficient (Wildman–Crippen LogP) is 3.80. The second kappa shape index (κ2) is 8.64. The smallest absolute Gasteiger partial charge is 0.319 e. The van der Waals surface area contributed by atoms with Crippen LogP contribution in [0.5, 0.6) is 17.2 Å². The van der Waals surface area contributed by atoms with Crippen LogP contribution in [0.1, 0.15) is 24.2 Å². The van der Waals surface area contributed by atoms with E-state index >= 15 is 0 Å². The van der Waals surface area contributed by atoms with E-state index in [1.54, 1.807) is 26.0 Å². The molecule has 2 aromatic carbocycles. The highest BCUT2D eigenvalue weighted by molar-refractivity contribution is 6.01.